The van der Waals surface area contributed by atoms with E-state index in [1.807, 2.05) is 30.3 Å². The Hall–Kier alpha value is -2.92. The maximum Gasteiger partial charge on any atom is 0.251 e. The monoisotopic (exact) mass is 353 g/mol. The minimum absolute atomic E-state index is 0.249. The highest BCUT2D eigenvalue weighted by atomic mass is 35.5. The molecule has 126 valence electrons. The van der Waals surface area contributed by atoms with Gasteiger partial charge in [-0.3, -0.25) is 9.59 Å². The lowest BCUT2D eigenvalue weighted by atomic mass is 10.0. The molecule has 0 saturated carbocycles. The first-order valence-corrected chi connectivity index (χ1v) is 8.10. The molecule has 0 unspecified atom stereocenters. The summed E-state index contributed by atoms with van der Waals surface area (Å²) in [6.07, 6.45) is 1.80. The third-order valence-electron chi connectivity index (χ3n) is 3.89. The molecule has 0 aliphatic rings. The summed E-state index contributed by atoms with van der Waals surface area (Å²) in [5.41, 5.74) is 6.66. The van der Waals surface area contributed by atoms with Crippen LogP contribution in [0, 0.1) is 0 Å². The molecule has 1 heterocycles. The number of fused-ring (bicyclic) bond motifs is 1. The van der Waals surface area contributed by atoms with Crippen LogP contribution in [0.25, 0.3) is 10.8 Å². The second kappa shape index (κ2) is 7.32. The Balaban J connectivity index is 1.77. The summed E-state index contributed by atoms with van der Waals surface area (Å²) in [4.78, 5) is 28.2. The number of primary amides is 1. The summed E-state index contributed by atoms with van der Waals surface area (Å²) in [6, 6.07) is 15.6. The molecular formula is C19H16ClN3O2. The number of carbonyl (C=O) groups excluding carboxylic acids is 2. The van der Waals surface area contributed by atoms with E-state index in [4.69, 9.17) is 17.3 Å². The van der Waals surface area contributed by atoms with E-state index >= 15 is 0 Å². The van der Waals surface area contributed by atoms with Crippen molar-refractivity contribution in [2.24, 2.45) is 5.73 Å². The van der Waals surface area contributed by atoms with E-state index < -0.39 is 11.9 Å². The maximum absolute atomic E-state index is 12.5. The topological polar surface area (TPSA) is 85.1 Å². The van der Waals surface area contributed by atoms with Crippen molar-refractivity contribution < 1.29 is 9.59 Å². The van der Waals surface area contributed by atoms with Crippen molar-refractivity contribution in [2.75, 3.05) is 0 Å². The number of nitrogens with two attached hydrogens (primary N) is 1. The summed E-state index contributed by atoms with van der Waals surface area (Å²) in [6.45, 7) is 0. The predicted octanol–water partition coefficient (Wildman–Crippen LogP) is 2.71. The molecule has 1 atom stereocenters. The average molecular weight is 354 g/mol. The number of benzene rings is 2. The van der Waals surface area contributed by atoms with Gasteiger partial charge in [-0.05, 0) is 34.5 Å². The number of amides is 2. The number of rotatable bonds is 5. The Morgan fingerprint density at radius 2 is 1.84 bits per heavy atom. The van der Waals surface area contributed by atoms with Crippen LogP contribution in [0.5, 0.6) is 0 Å². The van der Waals surface area contributed by atoms with Gasteiger partial charge < -0.3 is 11.1 Å². The number of halogens is 1. The second-order valence-corrected chi connectivity index (χ2v) is 6.07. The Bertz CT molecular complexity index is 925. The fourth-order valence-electron chi connectivity index (χ4n) is 2.56. The zero-order chi connectivity index (χ0) is 17.8. The van der Waals surface area contributed by atoms with Crippen LogP contribution in [0.1, 0.15) is 15.9 Å². The number of hydrogen-bond acceptors (Lipinski definition) is 3. The van der Waals surface area contributed by atoms with Gasteiger partial charge in [0.15, 0.2) is 0 Å². The molecule has 2 aromatic carbocycles. The van der Waals surface area contributed by atoms with Crippen molar-refractivity contribution in [2.45, 2.75) is 12.5 Å². The molecule has 2 amide bonds. The van der Waals surface area contributed by atoms with Crippen LogP contribution in [0.2, 0.25) is 5.15 Å². The number of pyridine rings is 1. The van der Waals surface area contributed by atoms with Crippen LogP contribution < -0.4 is 11.1 Å². The lowest BCUT2D eigenvalue weighted by Crippen LogP contribution is -2.45. The highest BCUT2D eigenvalue weighted by molar-refractivity contribution is 6.29. The van der Waals surface area contributed by atoms with E-state index in [1.165, 1.54) is 0 Å². The predicted molar refractivity (Wildman–Crippen MR) is 97.3 cm³/mol. The SMILES string of the molecule is NC(=O)[C@@H](Cc1ccc(Cl)nc1)NC(=O)c1ccc2ccccc2c1. The number of aromatic nitrogens is 1. The van der Waals surface area contributed by atoms with Crippen molar-refractivity contribution in [3.8, 4) is 0 Å². The van der Waals surface area contributed by atoms with Crippen molar-refractivity contribution in [1.82, 2.24) is 10.3 Å². The Morgan fingerprint density at radius 1 is 1.08 bits per heavy atom. The maximum atomic E-state index is 12.5. The summed E-state index contributed by atoms with van der Waals surface area (Å²) >= 11 is 5.75. The van der Waals surface area contributed by atoms with Crippen LogP contribution in [0.3, 0.4) is 0 Å². The van der Waals surface area contributed by atoms with Crippen molar-refractivity contribution in [3.63, 3.8) is 0 Å². The van der Waals surface area contributed by atoms with Gasteiger partial charge >= 0.3 is 0 Å². The summed E-state index contributed by atoms with van der Waals surface area (Å²) in [5, 5.41) is 5.04. The van der Waals surface area contributed by atoms with E-state index in [1.54, 1.807) is 30.5 Å². The molecule has 3 rings (SSSR count). The second-order valence-electron chi connectivity index (χ2n) is 5.68. The third kappa shape index (κ3) is 4.14. The summed E-state index contributed by atoms with van der Waals surface area (Å²) < 4.78 is 0. The summed E-state index contributed by atoms with van der Waals surface area (Å²) in [7, 11) is 0. The molecular weight excluding hydrogens is 338 g/mol. The number of nitrogens with zero attached hydrogens (tertiary/aromatic N) is 1. The standard InChI is InChI=1S/C19H16ClN3O2/c20-17-8-5-12(11-22-17)9-16(18(21)24)23-19(25)15-7-6-13-3-1-2-4-14(13)10-15/h1-8,10-11,16H,9H2,(H2,21,24)(H,23,25)/t16-/m1/s1. The summed E-state index contributed by atoms with van der Waals surface area (Å²) in [5.74, 6) is -0.958. The minimum Gasteiger partial charge on any atom is -0.368 e. The van der Waals surface area contributed by atoms with Crippen molar-refractivity contribution >= 4 is 34.2 Å². The first-order valence-electron chi connectivity index (χ1n) is 7.72. The lowest BCUT2D eigenvalue weighted by molar-refractivity contribution is -0.119. The zero-order valence-corrected chi connectivity index (χ0v) is 14.0. The van der Waals surface area contributed by atoms with Crippen LogP contribution in [0.4, 0.5) is 0 Å². The van der Waals surface area contributed by atoms with E-state index in [-0.39, 0.29) is 12.3 Å². The Kier molecular flexibility index (Phi) is 4.95. The van der Waals surface area contributed by atoms with Crippen LogP contribution in [-0.4, -0.2) is 22.8 Å². The molecule has 1 aromatic heterocycles. The van der Waals surface area contributed by atoms with Gasteiger partial charge in [0.25, 0.3) is 5.91 Å². The first-order chi connectivity index (χ1) is 12.0. The normalized spacial score (nSPS) is 11.9. The van der Waals surface area contributed by atoms with Gasteiger partial charge in [0.05, 0.1) is 0 Å². The molecule has 3 N–H and O–H groups in total. The van der Waals surface area contributed by atoms with Gasteiger partial charge in [0.2, 0.25) is 5.91 Å². The van der Waals surface area contributed by atoms with Crippen LogP contribution in [-0.2, 0) is 11.2 Å². The third-order valence-corrected chi connectivity index (χ3v) is 4.11. The van der Waals surface area contributed by atoms with Crippen molar-refractivity contribution in [1.29, 1.82) is 0 Å². The minimum atomic E-state index is -0.832. The van der Waals surface area contributed by atoms with Crippen LogP contribution in [0.15, 0.2) is 60.8 Å². The molecule has 0 fully saturated rings. The van der Waals surface area contributed by atoms with Crippen molar-refractivity contribution in [3.05, 3.63) is 77.1 Å². The molecule has 25 heavy (non-hydrogen) atoms. The highest BCUT2D eigenvalue weighted by Crippen LogP contribution is 2.16. The number of carbonyl (C=O) groups is 2. The van der Waals surface area contributed by atoms with Gasteiger partial charge in [0.1, 0.15) is 11.2 Å². The smallest absolute Gasteiger partial charge is 0.251 e. The van der Waals surface area contributed by atoms with Gasteiger partial charge in [-0.25, -0.2) is 4.98 Å². The van der Waals surface area contributed by atoms with Gasteiger partial charge in [-0.15, -0.1) is 0 Å². The van der Waals surface area contributed by atoms with E-state index in [0.29, 0.717) is 10.7 Å². The number of hydrogen-bond donors (Lipinski definition) is 2. The zero-order valence-electron chi connectivity index (χ0n) is 13.3. The van der Waals surface area contributed by atoms with Gasteiger partial charge in [0, 0.05) is 18.2 Å². The molecule has 0 radical (unpaired) electrons. The highest BCUT2D eigenvalue weighted by Gasteiger charge is 2.19. The quantitative estimate of drug-likeness (QED) is 0.691. The van der Waals surface area contributed by atoms with E-state index in [9.17, 15) is 9.59 Å². The lowest BCUT2D eigenvalue weighted by Gasteiger charge is -2.16. The van der Waals surface area contributed by atoms with E-state index in [2.05, 4.69) is 10.3 Å². The fourth-order valence-corrected chi connectivity index (χ4v) is 2.67. The first kappa shape index (κ1) is 16.9. The molecule has 6 heteroatoms. The largest absolute Gasteiger partial charge is 0.368 e. The molecule has 3 aromatic rings. The number of nitrogens with one attached hydrogen (secondary N) is 1. The van der Waals surface area contributed by atoms with Crippen LogP contribution >= 0.6 is 11.6 Å². The molecule has 5 nitrogen and oxygen atoms in total. The van der Waals surface area contributed by atoms with Gasteiger partial charge in [-0.1, -0.05) is 48.0 Å². The fraction of sp³-hybridized carbons (Fsp3) is 0.105. The molecule has 0 spiro atoms. The Labute approximate surface area is 149 Å². The Morgan fingerprint density at radius 3 is 2.52 bits per heavy atom. The molecule has 0 bridgehead atoms. The molecule has 0 saturated heterocycles. The van der Waals surface area contributed by atoms with E-state index in [0.717, 1.165) is 16.3 Å². The van der Waals surface area contributed by atoms with Gasteiger partial charge in [-0.2, -0.15) is 0 Å². The molecule has 0 aliphatic carbocycles. The average Bonchev–Trinajstić information content (AvgIpc) is 2.62. The molecule has 0 aliphatic heterocycles.